The minimum absolute atomic E-state index is 0.0261. The Bertz CT molecular complexity index is 1370. The summed E-state index contributed by atoms with van der Waals surface area (Å²) in [5.41, 5.74) is 0.292. The highest BCUT2D eigenvalue weighted by molar-refractivity contribution is 7.92. The molecule has 0 aliphatic heterocycles. The van der Waals surface area contributed by atoms with Crippen LogP contribution in [0.25, 0.3) is 21.7 Å². The van der Waals surface area contributed by atoms with Crippen molar-refractivity contribution in [2.75, 3.05) is 20.5 Å². The van der Waals surface area contributed by atoms with Crippen LogP contribution in [0.15, 0.2) is 45.5 Å². The lowest BCUT2D eigenvalue weighted by Gasteiger charge is -2.15. The monoisotopic (exact) mass is 493 g/mol. The van der Waals surface area contributed by atoms with E-state index in [-0.39, 0.29) is 37.6 Å². The number of hydrogen-bond donors (Lipinski definition) is 0. The van der Waals surface area contributed by atoms with E-state index in [1.165, 1.54) is 37.2 Å². The first-order valence-electron chi connectivity index (χ1n) is 9.24. The van der Waals surface area contributed by atoms with Crippen LogP contribution < -0.4 is 15.0 Å². The largest absolute Gasteiger partial charge is 0.610 e. The molecule has 2 aromatic carbocycles. The Kier molecular flexibility index (Phi) is 6.38. The maximum atomic E-state index is 14.9. The third-order valence-electron chi connectivity index (χ3n) is 4.76. The van der Waals surface area contributed by atoms with Crippen molar-refractivity contribution in [2.24, 2.45) is 0 Å². The summed E-state index contributed by atoms with van der Waals surface area (Å²) in [7, 11) is 3.04. The number of hydrogen-bond acceptors (Lipinski definition) is 7. The molecule has 0 radical (unpaired) electrons. The molecule has 11 heteroatoms. The van der Waals surface area contributed by atoms with E-state index in [9.17, 15) is 13.7 Å². The van der Waals surface area contributed by atoms with Gasteiger partial charge in [0.05, 0.1) is 31.4 Å². The molecule has 0 aliphatic rings. The van der Waals surface area contributed by atoms with Gasteiger partial charge in [0.2, 0.25) is 0 Å². The molecule has 1 unspecified atom stereocenters. The molecule has 0 aliphatic carbocycles. The molecule has 166 valence electrons. The van der Waals surface area contributed by atoms with Crippen LogP contribution in [0, 0.1) is 5.82 Å². The number of benzene rings is 2. The van der Waals surface area contributed by atoms with Crippen molar-refractivity contribution in [3.05, 3.63) is 63.2 Å². The highest BCUT2D eigenvalue weighted by Crippen LogP contribution is 2.31. The lowest BCUT2D eigenvalue weighted by molar-refractivity contribution is 0.390. The first-order chi connectivity index (χ1) is 15.3. The van der Waals surface area contributed by atoms with E-state index >= 15 is 0 Å². The maximum Gasteiger partial charge on any atom is 0.304 e. The van der Waals surface area contributed by atoms with Crippen LogP contribution in [-0.2, 0) is 17.7 Å². The number of nitrogens with zero attached hydrogens (tertiary/aromatic N) is 3. The van der Waals surface area contributed by atoms with E-state index in [1.54, 1.807) is 24.3 Å². The third-order valence-corrected chi connectivity index (χ3v) is 7.33. The van der Waals surface area contributed by atoms with Crippen LogP contribution in [0.4, 0.5) is 4.39 Å². The summed E-state index contributed by atoms with van der Waals surface area (Å²) in [6.07, 6.45) is 1.47. The summed E-state index contributed by atoms with van der Waals surface area (Å²) in [5.74, 6) is 0.460. The van der Waals surface area contributed by atoms with Crippen molar-refractivity contribution < 1.29 is 18.4 Å². The molecular weight excluding hydrogens is 477 g/mol. The van der Waals surface area contributed by atoms with Gasteiger partial charge in [-0.3, -0.25) is 9.36 Å². The van der Waals surface area contributed by atoms with Gasteiger partial charge in [0.15, 0.2) is 16.2 Å². The normalized spacial score (nSPS) is 12.2. The van der Waals surface area contributed by atoms with Gasteiger partial charge >= 0.3 is 4.34 Å². The third kappa shape index (κ3) is 4.06. The lowest BCUT2D eigenvalue weighted by Crippen LogP contribution is -2.24. The summed E-state index contributed by atoms with van der Waals surface area (Å²) in [6, 6.07) is 9.66. The molecule has 32 heavy (non-hydrogen) atoms. The van der Waals surface area contributed by atoms with Gasteiger partial charge < -0.3 is 14.0 Å². The van der Waals surface area contributed by atoms with Gasteiger partial charge in [-0.05, 0) is 35.6 Å². The Morgan fingerprint density at radius 1 is 1.22 bits per heavy atom. The summed E-state index contributed by atoms with van der Waals surface area (Å²) in [4.78, 5) is 22.4. The minimum Gasteiger partial charge on any atom is -0.610 e. The Balaban J connectivity index is 1.98. The van der Waals surface area contributed by atoms with Crippen LogP contribution in [-0.4, -0.2) is 39.6 Å². The minimum atomic E-state index is -1.39. The van der Waals surface area contributed by atoms with Crippen molar-refractivity contribution >= 4 is 44.5 Å². The molecule has 2 aromatic heterocycles. The Morgan fingerprint density at radius 3 is 2.69 bits per heavy atom. The van der Waals surface area contributed by atoms with Gasteiger partial charge in [-0.2, -0.15) is 4.98 Å². The molecule has 0 saturated heterocycles. The van der Waals surface area contributed by atoms with E-state index in [1.807, 2.05) is 0 Å². The average Bonchev–Trinajstić information content (AvgIpc) is 3.22. The molecule has 0 saturated carbocycles. The molecule has 7 nitrogen and oxygen atoms in total. The summed E-state index contributed by atoms with van der Waals surface area (Å²) < 4.78 is 39.1. The predicted molar refractivity (Wildman–Crippen MR) is 123 cm³/mol. The van der Waals surface area contributed by atoms with Crippen molar-refractivity contribution in [3.63, 3.8) is 0 Å². The molecule has 0 amide bonds. The first kappa shape index (κ1) is 22.5. The standard InChI is InChI=1S/C21H17ClFN3O4S2/c1-29-12-8-7-11(15(9-12)30-2)10-26-18(13-5-4-6-14(22)16(13)23)25-19-17(20(26)27)24-21(31-19)32(3)28/h4-9H,10H2,1-3H3. The topological polar surface area (TPSA) is 89.3 Å². The summed E-state index contributed by atoms with van der Waals surface area (Å²) >= 11 is 5.63. The zero-order valence-electron chi connectivity index (χ0n) is 17.2. The summed E-state index contributed by atoms with van der Waals surface area (Å²) in [5, 5.41) is -0.0925. The van der Waals surface area contributed by atoms with E-state index in [2.05, 4.69) is 9.97 Å². The average molecular weight is 494 g/mol. The number of halogens is 2. The lowest BCUT2D eigenvalue weighted by atomic mass is 10.1. The van der Waals surface area contributed by atoms with Gasteiger partial charge in [-0.1, -0.05) is 17.7 Å². The van der Waals surface area contributed by atoms with Gasteiger partial charge in [-0.15, -0.1) is 0 Å². The predicted octanol–water partition coefficient (Wildman–Crippen LogP) is 4.12. The van der Waals surface area contributed by atoms with Gasteiger partial charge in [0.1, 0.15) is 23.6 Å². The fraction of sp³-hybridized carbons (Fsp3) is 0.190. The molecule has 4 rings (SSSR count). The zero-order chi connectivity index (χ0) is 23.0. The SMILES string of the molecule is COc1ccc(Cn2c(-c3cccc(Cl)c3F)nc3sc([S+](C)[O-])nc3c2=O)c(OC)c1. The van der Waals surface area contributed by atoms with Crippen LogP contribution in [0.2, 0.25) is 5.02 Å². The molecule has 0 fully saturated rings. The van der Waals surface area contributed by atoms with Crippen LogP contribution in [0.5, 0.6) is 11.5 Å². The smallest absolute Gasteiger partial charge is 0.304 e. The molecule has 0 spiro atoms. The van der Waals surface area contributed by atoms with Crippen molar-refractivity contribution in [2.45, 2.75) is 10.9 Å². The molecule has 4 aromatic rings. The van der Waals surface area contributed by atoms with E-state index in [0.717, 1.165) is 11.3 Å². The van der Waals surface area contributed by atoms with Crippen LogP contribution in [0.1, 0.15) is 5.56 Å². The Hall–Kier alpha value is -2.66. The maximum absolute atomic E-state index is 14.9. The number of methoxy groups -OCH3 is 2. The molecular formula is C21H17ClFN3O4S2. The number of aromatic nitrogens is 3. The second-order valence-corrected chi connectivity index (χ2v) is 9.63. The van der Waals surface area contributed by atoms with Gasteiger partial charge in [-0.25, -0.2) is 9.37 Å². The highest BCUT2D eigenvalue weighted by Gasteiger charge is 2.23. The van der Waals surface area contributed by atoms with Crippen molar-refractivity contribution in [1.29, 1.82) is 0 Å². The number of thiazole rings is 1. The Morgan fingerprint density at radius 2 is 2.00 bits per heavy atom. The van der Waals surface area contributed by atoms with Gasteiger partial charge in [0.25, 0.3) is 5.56 Å². The molecule has 2 heterocycles. The summed E-state index contributed by atoms with van der Waals surface area (Å²) in [6.45, 7) is 0.0261. The number of ether oxygens (including phenoxy) is 2. The second-order valence-electron chi connectivity index (χ2n) is 6.69. The van der Waals surface area contributed by atoms with Crippen molar-refractivity contribution in [3.8, 4) is 22.9 Å². The molecule has 0 N–H and O–H groups in total. The second kappa shape index (κ2) is 9.07. The first-order valence-corrected chi connectivity index (χ1v) is 12.0. The van der Waals surface area contributed by atoms with E-state index in [0.29, 0.717) is 17.1 Å². The fourth-order valence-electron chi connectivity index (χ4n) is 3.19. The highest BCUT2D eigenvalue weighted by atomic mass is 35.5. The zero-order valence-corrected chi connectivity index (χ0v) is 19.6. The van der Waals surface area contributed by atoms with Crippen LogP contribution >= 0.6 is 22.9 Å². The number of rotatable bonds is 6. The van der Waals surface area contributed by atoms with E-state index in [4.69, 9.17) is 21.1 Å². The van der Waals surface area contributed by atoms with E-state index < -0.39 is 22.6 Å². The Labute approximate surface area is 194 Å². The van der Waals surface area contributed by atoms with Crippen LogP contribution in [0.3, 0.4) is 0 Å². The van der Waals surface area contributed by atoms with Crippen molar-refractivity contribution in [1.82, 2.24) is 14.5 Å². The number of fused-ring (bicyclic) bond motifs is 1. The molecule has 1 atom stereocenters. The quantitative estimate of drug-likeness (QED) is 0.375. The fourth-order valence-corrected chi connectivity index (χ4v) is 4.96. The molecule has 0 bridgehead atoms. The van der Waals surface area contributed by atoms with Gasteiger partial charge in [0, 0.05) is 22.8 Å².